The van der Waals surface area contributed by atoms with Crippen LogP contribution in [0.15, 0.2) is 48.5 Å². The molecule has 1 aliphatic carbocycles. The highest BCUT2D eigenvalue weighted by Gasteiger charge is 2.30. The molecule has 2 aromatic carbocycles. The molecule has 2 atom stereocenters. The van der Waals surface area contributed by atoms with E-state index in [1.54, 1.807) is 6.92 Å². The molecule has 0 fully saturated rings. The monoisotopic (exact) mass is 438 g/mol. The second-order valence-corrected chi connectivity index (χ2v) is 8.46. The quantitative estimate of drug-likeness (QED) is 0.550. The molecule has 0 bridgehead atoms. The van der Waals surface area contributed by atoms with Gasteiger partial charge in [-0.25, -0.2) is 9.59 Å². The van der Waals surface area contributed by atoms with Crippen LogP contribution in [0.1, 0.15) is 50.7 Å². The minimum absolute atomic E-state index is 0.0792. The predicted molar refractivity (Wildman–Crippen MR) is 121 cm³/mol. The van der Waals surface area contributed by atoms with Crippen LogP contribution in [0.4, 0.5) is 4.79 Å². The van der Waals surface area contributed by atoms with E-state index in [1.165, 1.54) is 0 Å². The summed E-state index contributed by atoms with van der Waals surface area (Å²) >= 11 is 0. The Morgan fingerprint density at radius 2 is 1.50 bits per heavy atom. The summed E-state index contributed by atoms with van der Waals surface area (Å²) in [6.07, 6.45) is -0.0865. The van der Waals surface area contributed by atoms with E-state index in [0.29, 0.717) is 12.8 Å². The van der Waals surface area contributed by atoms with Gasteiger partial charge in [-0.3, -0.25) is 4.79 Å². The molecule has 2 amide bonds. The topological polar surface area (TPSA) is 105 Å². The van der Waals surface area contributed by atoms with Crippen molar-refractivity contribution in [3.63, 3.8) is 0 Å². The summed E-state index contributed by atoms with van der Waals surface area (Å²) in [5.74, 6) is -1.60. The molecule has 7 heteroatoms. The molecule has 7 nitrogen and oxygen atoms in total. The number of fused-ring (bicyclic) bond motifs is 3. The highest BCUT2D eigenvalue weighted by Crippen LogP contribution is 2.44. The molecular formula is C25H30N2O5. The van der Waals surface area contributed by atoms with Crippen molar-refractivity contribution in [3.05, 3.63) is 59.7 Å². The fraction of sp³-hybridized carbons (Fsp3) is 0.400. The number of ether oxygens (including phenoxy) is 1. The molecule has 0 aromatic heterocycles. The maximum absolute atomic E-state index is 12.5. The van der Waals surface area contributed by atoms with Crippen LogP contribution in [-0.2, 0) is 14.3 Å². The molecule has 0 aliphatic heterocycles. The third kappa shape index (κ3) is 5.28. The number of alkyl carbamates (subject to hydrolysis) is 1. The summed E-state index contributed by atoms with van der Waals surface area (Å²) in [5, 5.41) is 14.4. The van der Waals surface area contributed by atoms with Gasteiger partial charge in [0.1, 0.15) is 18.7 Å². The number of aliphatic carboxylic acids is 1. The fourth-order valence-corrected chi connectivity index (χ4v) is 4.10. The predicted octanol–water partition coefficient (Wildman–Crippen LogP) is 3.92. The number of amides is 2. The minimum Gasteiger partial charge on any atom is -0.480 e. The number of nitrogens with one attached hydrogen (secondary N) is 2. The Hall–Kier alpha value is -3.35. The Labute approximate surface area is 188 Å². The minimum atomic E-state index is -1.09. The lowest BCUT2D eigenvalue weighted by molar-refractivity contribution is -0.142. The number of carboxylic acid groups (broad SMARTS) is 1. The molecule has 1 aliphatic rings. The van der Waals surface area contributed by atoms with Crippen LogP contribution in [0.25, 0.3) is 11.1 Å². The zero-order chi connectivity index (χ0) is 23.3. The van der Waals surface area contributed by atoms with E-state index in [-0.39, 0.29) is 18.4 Å². The lowest BCUT2D eigenvalue weighted by Gasteiger charge is -2.22. The summed E-state index contributed by atoms with van der Waals surface area (Å²) in [6, 6.07) is 14.2. The van der Waals surface area contributed by atoms with Crippen molar-refractivity contribution < 1.29 is 24.2 Å². The maximum Gasteiger partial charge on any atom is 0.407 e. The number of carbonyl (C=O) groups excluding carboxylic acids is 2. The number of hydrogen-bond donors (Lipinski definition) is 3. The summed E-state index contributed by atoms with van der Waals surface area (Å²) in [6.45, 7) is 5.65. The number of carboxylic acids is 1. The van der Waals surface area contributed by atoms with E-state index in [9.17, 15) is 19.5 Å². The van der Waals surface area contributed by atoms with Gasteiger partial charge in [-0.2, -0.15) is 0 Å². The zero-order valence-electron chi connectivity index (χ0n) is 18.6. The van der Waals surface area contributed by atoms with Gasteiger partial charge >= 0.3 is 12.1 Å². The first kappa shape index (κ1) is 23.3. The van der Waals surface area contributed by atoms with Crippen LogP contribution in [0.2, 0.25) is 0 Å². The number of hydrogen-bond acceptors (Lipinski definition) is 4. The molecule has 1 unspecified atom stereocenters. The SMILES string of the molecule is CC[C@H](NC(=O)OCC1c2ccccc2-c2ccccc21)C(=O)NC(CC(C)C)C(=O)O. The molecule has 0 saturated heterocycles. The van der Waals surface area contributed by atoms with Gasteiger partial charge in [-0.1, -0.05) is 69.3 Å². The Balaban J connectivity index is 1.61. The van der Waals surface area contributed by atoms with Crippen LogP contribution >= 0.6 is 0 Å². The van der Waals surface area contributed by atoms with E-state index in [0.717, 1.165) is 22.3 Å². The highest BCUT2D eigenvalue weighted by molar-refractivity contribution is 5.89. The van der Waals surface area contributed by atoms with Gasteiger partial charge in [0.2, 0.25) is 5.91 Å². The van der Waals surface area contributed by atoms with Crippen molar-refractivity contribution >= 4 is 18.0 Å². The third-order valence-electron chi connectivity index (χ3n) is 5.68. The van der Waals surface area contributed by atoms with Gasteiger partial charge in [0, 0.05) is 5.92 Å². The number of carbonyl (C=O) groups is 3. The van der Waals surface area contributed by atoms with Gasteiger partial charge in [-0.05, 0) is 41.0 Å². The third-order valence-corrected chi connectivity index (χ3v) is 5.68. The maximum atomic E-state index is 12.5. The van der Waals surface area contributed by atoms with Crippen molar-refractivity contribution in [2.75, 3.05) is 6.61 Å². The highest BCUT2D eigenvalue weighted by atomic mass is 16.5. The lowest BCUT2D eigenvalue weighted by atomic mass is 9.98. The van der Waals surface area contributed by atoms with Gasteiger partial charge < -0.3 is 20.5 Å². The first-order valence-corrected chi connectivity index (χ1v) is 11.0. The van der Waals surface area contributed by atoms with Crippen molar-refractivity contribution in [1.82, 2.24) is 10.6 Å². The Morgan fingerprint density at radius 3 is 2.00 bits per heavy atom. The molecule has 0 heterocycles. The second-order valence-electron chi connectivity index (χ2n) is 8.46. The van der Waals surface area contributed by atoms with Crippen LogP contribution in [0, 0.1) is 5.92 Å². The van der Waals surface area contributed by atoms with Crippen molar-refractivity contribution in [2.24, 2.45) is 5.92 Å². The molecule has 3 rings (SSSR count). The molecule has 170 valence electrons. The van der Waals surface area contributed by atoms with Crippen LogP contribution in [0.3, 0.4) is 0 Å². The Bertz CT molecular complexity index is 942. The van der Waals surface area contributed by atoms with E-state index in [1.807, 2.05) is 50.2 Å². The smallest absolute Gasteiger partial charge is 0.407 e. The molecule has 3 N–H and O–H groups in total. The van der Waals surface area contributed by atoms with E-state index < -0.39 is 30.1 Å². The van der Waals surface area contributed by atoms with Crippen LogP contribution < -0.4 is 10.6 Å². The lowest BCUT2D eigenvalue weighted by Crippen LogP contribution is -2.51. The Morgan fingerprint density at radius 1 is 0.938 bits per heavy atom. The van der Waals surface area contributed by atoms with Gasteiger partial charge in [0.25, 0.3) is 0 Å². The fourth-order valence-electron chi connectivity index (χ4n) is 4.10. The molecule has 32 heavy (non-hydrogen) atoms. The standard InChI is InChI=1S/C25H30N2O5/c1-4-21(23(28)26-22(24(29)30)13-15(2)3)27-25(31)32-14-20-18-11-7-5-9-16(18)17-10-6-8-12-19(17)20/h5-12,15,20-22H,4,13-14H2,1-3H3,(H,26,28)(H,27,31)(H,29,30)/t21-,22?/m0/s1. The number of benzene rings is 2. The van der Waals surface area contributed by atoms with Gasteiger partial charge in [0.15, 0.2) is 0 Å². The van der Waals surface area contributed by atoms with Gasteiger partial charge in [-0.15, -0.1) is 0 Å². The summed E-state index contributed by atoms with van der Waals surface area (Å²) in [5.41, 5.74) is 4.47. The number of rotatable bonds is 9. The normalized spacial score (nSPS) is 14.2. The van der Waals surface area contributed by atoms with E-state index in [2.05, 4.69) is 22.8 Å². The van der Waals surface area contributed by atoms with Gasteiger partial charge in [0.05, 0.1) is 0 Å². The van der Waals surface area contributed by atoms with Crippen LogP contribution in [0.5, 0.6) is 0 Å². The summed E-state index contributed by atoms with van der Waals surface area (Å²) in [7, 11) is 0. The molecular weight excluding hydrogens is 408 g/mol. The second kappa shape index (κ2) is 10.3. The molecule has 0 radical (unpaired) electrons. The van der Waals surface area contributed by atoms with E-state index in [4.69, 9.17) is 4.74 Å². The van der Waals surface area contributed by atoms with Crippen molar-refractivity contribution in [2.45, 2.75) is 51.6 Å². The average Bonchev–Trinajstić information content (AvgIpc) is 3.09. The van der Waals surface area contributed by atoms with Crippen molar-refractivity contribution in [1.29, 1.82) is 0 Å². The first-order chi connectivity index (χ1) is 15.3. The van der Waals surface area contributed by atoms with E-state index >= 15 is 0 Å². The largest absolute Gasteiger partial charge is 0.480 e. The van der Waals surface area contributed by atoms with Crippen LogP contribution in [-0.4, -0.2) is 41.8 Å². The molecule has 0 saturated carbocycles. The average molecular weight is 439 g/mol. The summed E-state index contributed by atoms with van der Waals surface area (Å²) in [4.78, 5) is 36.4. The molecule has 0 spiro atoms. The summed E-state index contributed by atoms with van der Waals surface area (Å²) < 4.78 is 5.49. The first-order valence-electron chi connectivity index (χ1n) is 11.0. The Kier molecular flexibility index (Phi) is 7.51. The molecule has 2 aromatic rings. The zero-order valence-corrected chi connectivity index (χ0v) is 18.6. The van der Waals surface area contributed by atoms with Crippen molar-refractivity contribution in [3.8, 4) is 11.1 Å².